The average molecular weight is 400 g/mol. The first-order valence-electron chi connectivity index (χ1n) is 8.11. The minimum atomic E-state index is -3.49. The summed E-state index contributed by atoms with van der Waals surface area (Å²) < 4.78 is 27.8. The summed E-state index contributed by atoms with van der Waals surface area (Å²) in [5.74, 6) is 1.41. The number of aliphatic imine (C=N–C) groups is 1. The highest BCUT2D eigenvalue weighted by Gasteiger charge is 2.30. The lowest BCUT2D eigenvalue weighted by Gasteiger charge is -2.34. The van der Waals surface area contributed by atoms with E-state index in [0.717, 1.165) is 22.2 Å². The van der Waals surface area contributed by atoms with Crippen molar-refractivity contribution < 1.29 is 13.2 Å². The minimum Gasteiger partial charge on any atom is -0.339 e. The number of rotatable bonds is 4. The van der Waals surface area contributed by atoms with E-state index < -0.39 is 10.0 Å². The fourth-order valence-electron chi connectivity index (χ4n) is 2.65. The molecular formula is C16H21N3O3S3. The third kappa shape index (κ3) is 4.58. The summed E-state index contributed by atoms with van der Waals surface area (Å²) in [5.41, 5.74) is 1.02. The maximum atomic E-state index is 12.7. The molecule has 1 aromatic carbocycles. The molecule has 0 bridgehead atoms. The molecule has 136 valence electrons. The van der Waals surface area contributed by atoms with Crippen molar-refractivity contribution in [2.75, 3.05) is 44.2 Å². The number of amides is 1. The smallest absolute Gasteiger partial charge is 0.243 e. The predicted molar refractivity (Wildman–Crippen MR) is 104 cm³/mol. The Morgan fingerprint density at radius 2 is 1.88 bits per heavy atom. The fourth-order valence-corrected chi connectivity index (χ4v) is 5.99. The van der Waals surface area contributed by atoms with Crippen molar-refractivity contribution in [3.8, 4) is 0 Å². The van der Waals surface area contributed by atoms with Crippen LogP contribution >= 0.6 is 23.5 Å². The second-order valence-corrected chi connectivity index (χ2v) is 10.1. The highest BCUT2D eigenvalue weighted by molar-refractivity contribution is 8.39. The first-order chi connectivity index (χ1) is 12.0. The maximum Gasteiger partial charge on any atom is 0.243 e. The molecule has 0 saturated carbocycles. The summed E-state index contributed by atoms with van der Waals surface area (Å²) in [7, 11) is -3.49. The number of nitrogens with zero attached hydrogens (tertiary/aromatic N) is 3. The molecular weight excluding hydrogens is 378 g/mol. The van der Waals surface area contributed by atoms with Crippen molar-refractivity contribution in [2.24, 2.45) is 4.99 Å². The van der Waals surface area contributed by atoms with Crippen molar-refractivity contribution in [3.05, 3.63) is 29.8 Å². The van der Waals surface area contributed by atoms with Crippen LogP contribution in [0.25, 0.3) is 0 Å². The molecule has 0 radical (unpaired) electrons. The Morgan fingerprint density at radius 3 is 2.48 bits per heavy atom. The van der Waals surface area contributed by atoms with Gasteiger partial charge >= 0.3 is 0 Å². The normalized spacial score (nSPS) is 19.1. The van der Waals surface area contributed by atoms with Crippen molar-refractivity contribution in [2.45, 2.75) is 11.8 Å². The molecule has 1 aromatic rings. The van der Waals surface area contributed by atoms with E-state index in [2.05, 4.69) is 4.99 Å². The van der Waals surface area contributed by atoms with Gasteiger partial charge in [-0.2, -0.15) is 4.31 Å². The van der Waals surface area contributed by atoms with Crippen LogP contribution in [0, 0.1) is 6.92 Å². The van der Waals surface area contributed by atoms with Crippen LogP contribution in [0.2, 0.25) is 0 Å². The van der Waals surface area contributed by atoms with Gasteiger partial charge in [-0.05, 0) is 19.1 Å². The van der Waals surface area contributed by atoms with Gasteiger partial charge in [-0.15, -0.1) is 0 Å². The molecule has 3 rings (SSSR count). The van der Waals surface area contributed by atoms with E-state index in [1.807, 2.05) is 6.92 Å². The molecule has 1 amide bonds. The number of piperazine rings is 1. The van der Waals surface area contributed by atoms with Gasteiger partial charge in [0.1, 0.15) is 4.38 Å². The van der Waals surface area contributed by atoms with Gasteiger partial charge in [0.05, 0.1) is 17.2 Å². The first kappa shape index (κ1) is 18.8. The van der Waals surface area contributed by atoms with Crippen LogP contribution in [-0.4, -0.2) is 72.1 Å². The molecule has 0 N–H and O–H groups in total. The molecule has 1 saturated heterocycles. The summed E-state index contributed by atoms with van der Waals surface area (Å²) in [6, 6.07) is 6.87. The van der Waals surface area contributed by atoms with Crippen LogP contribution in [0.5, 0.6) is 0 Å². The Morgan fingerprint density at radius 1 is 1.20 bits per heavy atom. The zero-order valence-electron chi connectivity index (χ0n) is 14.1. The molecule has 1 fully saturated rings. The zero-order valence-corrected chi connectivity index (χ0v) is 16.5. The van der Waals surface area contributed by atoms with Crippen molar-refractivity contribution in [1.29, 1.82) is 0 Å². The molecule has 0 aliphatic carbocycles. The second kappa shape index (κ2) is 8.11. The van der Waals surface area contributed by atoms with Gasteiger partial charge < -0.3 is 4.90 Å². The lowest BCUT2D eigenvalue weighted by molar-refractivity contribution is -0.129. The van der Waals surface area contributed by atoms with E-state index in [4.69, 9.17) is 0 Å². The SMILES string of the molecule is Cc1ccc(S(=O)(=O)N2CCN(C(=O)CSC3=NCCS3)CC2)cc1. The summed E-state index contributed by atoms with van der Waals surface area (Å²) in [5, 5.41) is 0. The monoisotopic (exact) mass is 399 g/mol. The van der Waals surface area contributed by atoms with Gasteiger partial charge in [0, 0.05) is 31.9 Å². The van der Waals surface area contributed by atoms with Crippen molar-refractivity contribution in [1.82, 2.24) is 9.21 Å². The molecule has 0 unspecified atom stereocenters. The lowest BCUT2D eigenvalue weighted by Crippen LogP contribution is -2.51. The van der Waals surface area contributed by atoms with Crippen LogP contribution in [0.1, 0.15) is 5.56 Å². The number of hydrogen-bond acceptors (Lipinski definition) is 6. The summed E-state index contributed by atoms with van der Waals surface area (Å²) >= 11 is 3.17. The molecule has 0 atom stereocenters. The van der Waals surface area contributed by atoms with Gasteiger partial charge in [-0.1, -0.05) is 41.2 Å². The van der Waals surface area contributed by atoms with Gasteiger partial charge in [-0.3, -0.25) is 9.79 Å². The van der Waals surface area contributed by atoms with Gasteiger partial charge in [0.25, 0.3) is 0 Å². The molecule has 2 aliphatic heterocycles. The number of carbonyl (C=O) groups is 1. The number of sulfonamides is 1. The number of aryl methyl sites for hydroxylation is 1. The Balaban J connectivity index is 1.54. The predicted octanol–water partition coefficient (Wildman–Crippen LogP) is 1.66. The van der Waals surface area contributed by atoms with E-state index >= 15 is 0 Å². The van der Waals surface area contributed by atoms with Gasteiger partial charge in [-0.25, -0.2) is 8.42 Å². The number of benzene rings is 1. The van der Waals surface area contributed by atoms with E-state index in [9.17, 15) is 13.2 Å². The Kier molecular flexibility index (Phi) is 6.08. The third-order valence-electron chi connectivity index (χ3n) is 4.13. The van der Waals surface area contributed by atoms with Crippen LogP contribution in [0.3, 0.4) is 0 Å². The Labute approximate surface area is 157 Å². The lowest BCUT2D eigenvalue weighted by atomic mass is 10.2. The highest BCUT2D eigenvalue weighted by Crippen LogP contribution is 2.23. The van der Waals surface area contributed by atoms with E-state index in [0.29, 0.717) is 36.8 Å². The topological polar surface area (TPSA) is 70.1 Å². The molecule has 2 aliphatic rings. The maximum absolute atomic E-state index is 12.7. The Hall–Kier alpha value is -1.03. The number of carbonyl (C=O) groups excluding carboxylic acids is 1. The fraction of sp³-hybridized carbons (Fsp3) is 0.500. The van der Waals surface area contributed by atoms with Gasteiger partial charge in [0.2, 0.25) is 15.9 Å². The number of hydrogen-bond donors (Lipinski definition) is 0. The first-order valence-corrected chi connectivity index (χ1v) is 11.5. The summed E-state index contributed by atoms with van der Waals surface area (Å²) in [4.78, 5) is 18.7. The quantitative estimate of drug-likeness (QED) is 0.770. The van der Waals surface area contributed by atoms with Crippen LogP contribution in [0.15, 0.2) is 34.2 Å². The van der Waals surface area contributed by atoms with Gasteiger partial charge in [0.15, 0.2) is 0 Å². The highest BCUT2D eigenvalue weighted by atomic mass is 32.2. The molecule has 0 aromatic heterocycles. The van der Waals surface area contributed by atoms with Crippen molar-refractivity contribution >= 4 is 43.8 Å². The van der Waals surface area contributed by atoms with Crippen LogP contribution in [-0.2, 0) is 14.8 Å². The summed E-state index contributed by atoms with van der Waals surface area (Å²) in [6.07, 6.45) is 0. The number of thioether (sulfide) groups is 2. The largest absolute Gasteiger partial charge is 0.339 e. The standard InChI is InChI=1S/C16H21N3O3S3/c1-13-2-4-14(5-3-13)25(21,22)19-9-7-18(8-10-19)15(20)12-24-16-17-6-11-23-16/h2-5H,6-12H2,1H3. The van der Waals surface area contributed by atoms with Crippen molar-refractivity contribution in [3.63, 3.8) is 0 Å². The molecule has 2 heterocycles. The molecule has 0 spiro atoms. The van der Waals surface area contributed by atoms with E-state index in [-0.39, 0.29) is 5.91 Å². The van der Waals surface area contributed by atoms with Crippen LogP contribution in [0.4, 0.5) is 0 Å². The molecule has 6 nitrogen and oxygen atoms in total. The van der Waals surface area contributed by atoms with Crippen LogP contribution < -0.4 is 0 Å². The molecule has 25 heavy (non-hydrogen) atoms. The zero-order chi connectivity index (χ0) is 17.9. The Bertz CT molecular complexity index is 755. The summed E-state index contributed by atoms with van der Waals surface area (Å²) in [6.45, 7) is 4.30. The second-order valence-electron chi connectivity index (χ2n) is 5.88. The van der Waals surface area contributed by atoms with E-state index in [1.54, 1.807) is 40.9 Å². The molecule has 9 heteroatoms. The minimum absolute atomic E-state index is 0.0487. The van der Waals surface area contributed by atoms with E-state index in [1.165, 1.54) is 16.1 Å². The third-order valence-corrected chi connectivity index (χ3v) is 8.28. The average Bonchev–Trinajstić information content (AvgIpc) is 3.14.